The summed E-state index contributed by atoms with van der Waals surface area (Å²) in [5.74, 6) is 0. The fourth-order valence-corrected chi connectivity index (χ4v) is 2.50. The van der Waals surface area contributed by atoms with Crippen LogP contribution in [0.25, 0.3) is 5.69 Å². The molecule has 2 aromatic rings. The van der Waals surface area contributed by atoms with Crippen LogP contribution >= 0.6 is 27.5 Å². The summed E-state index contributed by atoms with van der Waals surface area (Å²) in [5, 5.41) is 14.6. The third-order valence-corrected chi connectivity index (χ3v) is 4.07. The van der Waals surface area contributed by atoms with Crippen LogP contribution in [0.5, 0.6) is 0 Å². The number of halogens is 2. The molecule has 96 valence electrons. The molecular formula is C13H14BrClN2O. The van der Waals surface area contributed by atoms with Crippen LogP contribution in [0.1, 0.15) is 30.0 Å². The second kappa shape index (κ2) is 5.03. The van der Waals surface area contributed by atoms with E-state index >= 15 is 0 Å². The van der Waals surface area contributed by atoms with E-state index in [9.17, 15) is 5.11 Å². The number of aliphatic hydroxyl groups is 1. The first-order valence-corrected chi connectivity index (χ1v) is 6.78. The highest BCUT2D eigenvalue weighted by molar-refractivity contribution is 9.10. The van der Waals surface area contributed by atoms with Crippen molar-refractivity contribution in [3.63, 3.8) is 0 Å². The van der Waals surface area contributed by atoms with Crippen LogP contribution in [-0.4, -0.2) is 14.9 Å². The molecule has 0 aliphatic heterocycles. The van der Waals surface area contributed by atoms with Gasteiger partial charge in [0.1, 0.15) is 0 Å². The molecule has 0 radical (unpaired) electrons. The molecule has 1 N–H and O–H groups in total. The van der Waals surface area contributed by atoms with E-state index < -0.39 is 6.10 Å². The van der Waals surface area contributed by atoms with Gasteiger partial charge in [-0.15, -0.1) is 0 Å². The van der Waals surface area contributed by atoms with Gasteiger partial charge in [-0.05, 0) is 54.4 Å². The zero-order valence-electron chi connectivity index (χ0n) is 10.4. The molecule has 1 aromatic carbocycles. The molecule has 0 fully saturated rings. The van der Waals surface area contributed by atoms with Gasteiger partial charge in [-0.3, -0.25) is 0 Å². The van der Waals surface area contributed by atoms with Crippen molar-refractivity contribution in [3.05, 3.63) is 44.6 Å². The van der Waals surface area contributed by atoms with Crippen LogP contribution < -0.4 is 0 Å². The standard InChI is InChI=1S/C13H14BrClN2O/c1-7-13(15)8(2)17(16-7)12-5-4-10(9(3)18)6-11(12)14/h4-6,9,18H,1-3H3/t9-/m0/s1. The predicted octanol–water partition coefficient (Wildman–Crippen LogP) is 3.96. The molecule has 0 aliphatic carbocycles. The fourth-order valence-electron chi connectivity index (χ4n) is 1.81. The Kier molecular flexibility index (Phi) is 3.80. The van der Waals surface area contributed by atoms with Gasteiger partial charge in [-0.25, -0.2) is 4.68 Å². The lowest BCUT2D eigenvalue weighted by atomic mass is 10.1. The Balaban J connectivity index is 2.54. The highest BCUT2D eigenvalue weighted by Crippen LogP contribution is 2.29. The minimum absolute atomic E-state index is 0.487. The first-order chi connectivity index (χ1) is 8.41. The van der Waals surface area contributed by atoms with Gasteiger partial charge in [0.25, 0.3) is 0 Å². The monoisotopic (exact) mass is 328 g/mol. The average molecular weight is 330 g/mol. The van der Waals surface area contributed by atoms with Crippen LogP contribution in [0, 0.1) is 13.8 Å². The maximum atomic E-state index is 9.55. The first kappa shape index (κ1) is 13.6. The van der Waals surface area contributed by atoms with E-state index in [1.54, 1.807) is 11.6 Å². The SMILES string of the molecule is Cc1nn(-c2ccc([C@H](C)O)cc2Br)c(C)c1Cl. The van der Waals surface area contributed by atoms with Crippen molar-refractivity contribution in [2.24, 2.45) is 0 Å². The zero-order chi connectivity index (χ0) is 13.4. The molecule has 1 aromatic heterocycles. The second-order valence-electron chi connectivity index (χ2n) is 4.28. The van der Waals surface area contributed by atoms with Gasteiger partial charge < -0.3 is 5.11 Å². The van der Waals surface area contributed by atoms with Gasteiger partial charge in [0.15, 0.2) is 0 Å². The van der Waals surface area contributed by atoms with E-state index in [-0.39, 0.29) is 0 Å². The quantitative estimate of drug-likeness (QED) is 0.905. The van der Waals surface area contributed by atoms with Crippen molar-refractivity contribution in [2.75, 3.05) is 0 Å². The topological polar surface area (TPSA) is 38.0 Å². The molecule has 0 aliphatic rings. The molecule has 1 heterocycles. The van der Waals surface area contributed by atoms with Crippen molar-refractivity contribution in [1.82, 2.24) is 9.78 Å². The Morgan fingerprint density at radius 3 is 2.50 bits per heavy atom. The summed E-state index contributed by atoms with van der Waals surface area (Å²) in [7, 11) is 0. The van der Waals surface area contributed by atoms with E-state index in [0.29, 0.717) is 5.02 Å². The van der Waals surface area contributed by atoms with E-state index in [1.165, 1.54) is 0 Å². The van der Waals surface area contributed by atoms with Gasteiger partial charge in [0, 0.05) is 4.47 Å². The van der Waals surface area contributed by atoms with Crippen molar-refractivity contribution in [3.8, 4) is 5.69 Å². The molecule has 0 amide bonds. The summed E-state index contributed by atoms with van der Waals surface area (Å²) in [6.07, 6.45) is -0.487. The lowest BCUT2D eigenvalue weighted by Gasteiger charge is -2.10. The Morgan fingerprint density at radius 2 is 2.06 bits per heavy atom. The molecule has 1 atom stereocenters. The predicted molar refractivity (Wildman–Crippen MR) is 76.4 cm³/mol. The van der Waals surface area contributed by atoms with Gasteiger partial charge in [0.05, 0.1) is 28.2 Å². The van der Waals surface area contributed by atoms with Gasteiger partial charge >= 0.3 is 0 Å². The summed E-state index contributed by atoms with van der Waals surface area (Å²) in [5.41, 5.74) is 3.48. The lowest BCUT2D eigenvalue weighted by molar-refractivity contribution is 0.199. The third-order valence-electron chi connectivity index (χ3n) is 2.89. The van der Waals surface area contributed by atoms with Crippen molar-refractivity contribution in [1.29, 1.82) is 0 Å². The number of nitrogens with zero attached hydrogens (tertiary/aromatic N) is 2. The number of benzene rings is 1. The van der Waals surface area contributed by atoms with Gasteiger partial charge in [-0.1, -0.05) is 17.7 Å². The highest BCUT2D eigenvalue weighted by atomic mass is 79.9. The largest absolute Gasteiger partial charge is 0.389 e. The molecule has 0 bridgehead atoms. The summed E-state index contributed by atoms with van der Waals surface area (Å²) in [6, 6.07) is 5.70. The molecule has 0 spiro atoms. The Labute approximate surface area is 120 Å². The molecule has 3 nitrogen and oxygen atoms in total. The molecular weight excluding hydrogens is 316 g/mol. The van der Waals surface area contributed by atoms with Crippen molar-refractivity contribution >= 4 is 27.5 Å². The molecule has 5 heteroatoms. The van der Waals surface area contributed by atoms with Crippen LogP contribution in [0.2, 0.25) is 5.02 Å². The Morgan fingerprint density at radius 1 is 1.39 bits per heavy atom. The maximum absolute atomic E-state index is 9.55. The summed E-state index contributed by atoms with van der Waals surface area (Å²) >= 11 is 9.65. The smallest absolute Gasteiger partial charge is 0.0848 e. The number of aliphatic hydroxyl groups excluding tert-OH is 1. The van der Waals surface area contributed by atoms with Crippen LogP contribution in [-0.2, 0) is 0 Å². The molecule has 18 heavy (non-hydrogen) atoms. The van der Waals surface area contributed by atoms with Gasteiger partial charge in [-0.2, -0.15) is 5.10 Å². The summed E-state index contributed by atoms with van der Waals surface area (Å²) in [6.45, 7) is 5.54. The molecule has 0 saturated carbocycles. The molecule has 2 rings (SSSR count). The third kappa shape index (κ3) is 2.32. The van der Waals surface area contributed by atoms with Crippen LogP contribution in [0.3, 0.4) is 0 Å². The summed E-state index contributed by atoms with van der Waals surface area (Å²) in [4.78, 5) is 0. The zero-order valence-corrected chi connectivity index (χ0v) is 12.7. The van der Waals surface area contributed by atoms with Crippen molar-refractivity contribution < 1.29 is 5.11 Å². The number of rotatable bonds is 2. The van der Waals surface area contributed by atoms with Crippen LogP contribution in [0.4, 0.5) is 0 Å². The maximum Gasteiger partial charge on any atom is 0.0848 e. The molecule has 0 saturated heterocycles. The normalized spacial score (nSPS) is 12.8. The molecule has 0 unspecified atom stereocenters. The van der Waals surface area contributed by atoms with Crippen molar-refractivity contribution in [2.45, 2.75) is 26.9 Å². The highest BCUT2D eigenvalue weighted by Gasteiger charge is 2.13. The number of hydrogen-bond acceptors (Lipinski definition) is 2. The Bertz CT molecular complexity index is 593. The number of hydrogen-bond donors (Lipinski definition) is 1. The number of aryl methyl sites for hydroxylation is 1. The Hall–Kier alpha value is -0.840. The first-order valence-electron chi connectivity index (χ1n) is 5.61. The lowest BCUT2D eigenvalue weighted by Crippen LogP contribution is -2.01. The minimum atomic E-state index is -0.487. The fraction of sp³-hybridized carbons (Fsp3) is 0.308. The second-order valence-corrected chi connectivity index (χ2v) is 5.52. The number of aromatic nitrogens is 2. The summed E-state index contributed by atoms with van der Waals surface area (Å²) < 4.78 is 2.68. The van der Waals surface area contributed by atoms with E-state index in [0.717, 1.165) is 27.1 Å². The average Bonchev–Trinajstić information content (AvgIpc) is 2.57. The minimum Gasteiger partial charge on any atom is -0.389 e. The van der Waals surface area contributed by atoms with E-state index in [4.69, 9.17) is 11.6 Å². The van der Waals surface area contributed by atoms with E-state index in [2.05, 4.69) is 21.0 Å². The van der Waals surface area contributed by atoms with E-state index in [1.807, 2.05) is 32.0 Å². The van der Waals surface area contributed by atoms with Gasteiger partial charge in [0.2, 0.25) is 0 Å². The van der Waals surface area contributed by atoms with Crippen LogP contribution in [0.15, 0.2) is 22.7 Å².